The molecule has 2 atom stereocenters. The van der Waals surface area contributed by atoms with E-state index in [-0.39, 0.29) is 5.41 Å². The maximum absolute atomic E-state index is 12.2. The smallest absolute Gasteiger partial charge is 0.163 e. The van der Waals surface area contributed by atoms with Crippen LogP contribution in [-0.2, 0) is 9.53 Å². The van der Waals surface area contributed by atoms with Crippen LogP contribution < -0.4 is 0 Å². The first kappa shape index (κ1) is 10.4. The van der Waals surface area contributed by atoms with Crippen molar-refractivity contribution in [3.63, 3.8) is 0 Å². The molecular formula is C14H20O2. The van der Waals surface area contributed by atoms with Crippen LogP contribution in [0.15, 0.2) is 11.3 Å². The Hall–Kier alpha value is -0.790. The summed E-state index contributed by atoms with van der Waals surface area (Å²) in [6.07, 6.45) is 6.76. The van der Waals surface area contributed by atoms with Gasteiger partial charge in [0.1, 0.15) is 5.76 Å². The highest BCUT2D eigenvalue weighted by Gasteiger charge is 2.42. The molecule has 3 rings (SSSR count). The Balaban J connectivity index is 1.98. The number of ketones is 1. The summed E-state index contributed by atoms with van der Waals surface area (Å²) in [6, 6.07) is 0. The molecule has 3 aliphatic rings. The van der Waals surface area contributed by atoms with Gasteiger partial charge in [-0.3, -0.25) is 4.79 Å². The minimum Gasteiger partial charge on any atom is -0.494 e. The number of hydrogen-bond donors (Lipinski definition) is 0. The second-order valence-electron chi connectivity index (χ2n) is 6.38. The highest BCUT2D eigenvalue weighted by molar-refractivity contribution is 5.97. The SMILES string of the molecule is CC1(C)CC(=O)C2=C(C1)O[C@@H]1CCC[C@H]2C1. The average Bonchev–Trinajstić information content (AvgIpc) is 2.14. The average molecular weight is 220 g/mol. The van der Waals surface area contributed by atoms with Crippen molar-refractivity contribution in [3.8, 4) is 0 Å². The van der Waals surface area contributed by atoms with Crippen LogP contribution in [0.25, 0.3) is 0 Å². The van der Waals surface area contributed by atoms with Crippen LogP contribution in [-0.4, -0.2) is 11.9 Å². The van der Waals surface area contributed by atoms with Gasteiger partial charge in [0, 0.05) is 18.4 Å². The summed E-state index contributed by atoms with van der Waals surface area (Å²) in [4.78, 5) is 12.2. The van der Waals surface area contributed by atoms with Gasteiger partial charge in [-0.1, -0.05) is 13.8 Å². The molecule has 0 saturated heterocycles. The molecular weight excluding hydrogens is 200 g/mol. The predicted molar refractivity (Wildman–Crippen MR) is 61.9 cm³/mol. The van der Waals surface area contributed by atoms with Crippen LogP contribution in [0, 0.1) is 11.3 Å². The minimum absolute atomic E-state index is 0.0988. The monoisotopic (exact) mass is 220 g/mol. The van der Waals surface area contributed by atoms with Crippen LogP contribution in [0.4, 0.5) is 0 Å². The summed E-state index contributed by atoms with van der Waals surface area (Å²) >= 11 is 0. The fourth-order valence-corrected chi connectivity index (χ4v) is 3.55. The standard InChI is InChI=1S/C14H20O2/c1-14(2)7-11(15)13-9-4-3-5-10(6-9)16-12(13)8-14/h9-10H,3-8H2,1-2H3/t9-,10+/m0/s1. The molecule has 0 aromatic heterocycles. The first-order valence-electron chi connectivity index (χ1n) is 6.48. The summed E-state index contributed by atoms with van der Waals surface area (Å²) in [6.45, 7) is 4.34. The molecule has 16 heavy (non-hydrogen) atoms. The van der Waals surface area contributed by atoms with Gasteiger partial charge in [0.15, 0.2) is 5.78 Å². The van der Waals surface area contributed by atoms with E-state index in [9.17, 15) is 4.79 Å². The molecule has 88 valence electrons. The fourth-order valence-electron chi connectivity index (χ4n) is 3.55. The van der Waals surface area contributed by atoms with Crippen molar-refractivity contribution in [2.45, 2.75) is 58.5 Å². The fraction of sp³-hybridized carbons (Fsp3) is 0.786. The third-order valence-electron chi connectivity index (χ3n) is 4.22. The second kappa shape index (κ2) is 3.35. The normalized spacial score (nSPS) is 36.8. The van der Waals surface area contributed by atoms with E-state index in [4.69, 9.17) is 4.74 Å². The van der Waals surface area contributed by atoms with E-state index in [0.717, 1.165) is 24.2 Å². The summed E-state index contributed by atoms with van der Waals surface area (Å²) in [5.74, 6) is 1.92. The van der Waals surface area contributed by atoms with Crippen molar-refractivity contribution < 1.29 is 9.53 Å². The molecule has 1 heterocycles. The van der Waals surface area contributed by atoms with Crippen LogP contribution in [0.2, 0.25) is 0 Å². The zero-order valence-electron chi connectivity index (χ0n) is 10.2. The minimum atomic E-state index is 0.0988. The highest BCUT2D eigenvalue weighted by atomic mass is 16.5. The van der Waals surface area contributed by atoms with E-state index in [2.05, 4.69) is 13.8 Å². The van der Waals surface area contributed by atoms with Crippen molar-refractivity contribution in [2.24, 2.45) is 11.3 Å². The third-order valence-corrected chi connectivity index (χ3v) is 4.22. The Morgan fingerprint density at radius 2 is 2.06 bits per heavy atom. The lowest BCUT2D eigenvalue weighted by molar-refractivity contribution is -0.121. The number of ether oxygens (including phenoxy) is 1. The highest BCUT2D eigenvalue weighted by Crippen LogP contribution is 2.47. The number of allylic oxidation sites excluding steroid dienone is 2. The largest absolute Gasteiger partial charge is 0.494 e. The van der Waals surface area contributed by atoms with Crippen LogP contribution in [0.5, 0.6) is 0 Å². The maximum atomic E-state index is 12.2. The molecule has 0 amide bonds. The molecule has 2 heteroatoms. The summed E-state index contributed by atoms with van der Waals surface area (Å²) in [5.41, 5.74) is 1.16. The molecule has 2 aliphatic carbocycles. The Kier molecular flexibility index (Phi) is 2.17. The first-order chi connectivity index (χ1) is 7.55. The van der Waals surface area contributed by atoms with E-state index < -0.39 is 0 Å². The van der Waals surface area contributed by atoms with Gasteiger partial charge >= 0.3 is 0 Å². The Labute approximate surface area is 97.1 Å². The second-order valence-corrected chi connectivity index (χ2v) is 6.38. The molecule has 1 saturated carbocycles. The van der Waals surface area contributed by atoms with Crippen molar-refractivity contribution in [1.29, 1.82) is 0 Å². The van der Waals surface area contributed by atoms with Gasteiger partial charge in [0.2, 0.25) is 0 Å². The van der Waals surface area contributed by atoms with E-state index in [0.29, 0.717) is 24.2 Å². The molecule has 0 unspecified atom stereocenters. The van der Waals surface area contributed by atoms with E-state index in [1.807, 2.05) is 0 Å². The van der Waals surface area contributed by atoms with Crippen LogP contribution in [0.1, 0.15) is 52.4 Å². The number of hydrogen-bond acceptors (Lipinski definition) is 2. The number of Topliss-reactive ketones (excluding diaryl/α,β-unsaturated/α-hetero) is 1. The molecule has 0 N–H and O–H groups in total. The van der Waals surface area contributed by atoms with Crippen molar-refractivity contribution in [1.82, 2.24) is 0 Å². The zero-order valence-corrected chi connectivity index (χ0v) is 10.2. The Bertz CT molecular complexity index is 365. The molecule has 2 bridgehead atoms. The molecule has 0 spiro atoms. The van der Waals surface area contributed by atoms with Gasteiger partial charge in [-0.15, -0.1) is 0 Å². The molecule has 0 radical (unpaired) electrons. The van der Waals surface area contributed by atoms with Crippen molar-refractivity contribution in [3.05, 3.63) is 11.3 Å². The number of carbonyl (C=O) groups is 1. The molecule has 1 fully saturated rings. The van der Waals surface area contributed by atoms with Gasteiger partial charge in [-0.2, -0.15) is 0 Å². The van der Waals surface area contributed by atoms with E-state index >= 15 is 0 Å². The molecule has 0 aromatic rings. The van der Waals surface area contributed by atoms with E-state index in [1.54, 1.807) is 0 Å². The maximum Gasteiger partial charge on any atom is 0.163 e. The third kappa shape index (κ3) is 1.59. The van der Waals surface area contributed by atoms with Crippen molar-refractivity contribution in [2.75, 3.05) is 0 Å². The predicted octanol–water partition coefficient (Wildman–Crippen LogP) is 3.22. The summed E-state index contributed by atoms with van der Waals surface area (Å²) in [7, 11) is 0. The zero-order chi connectivity index (χ0) is 11.3. The van der Waals surface area contributed by atoms with Gasteiger partial charge < -0.3 is 4.74 Å². The lowest BCUT2D eigenvalue weighted by Gasteiger charge is -2.42. The van der Waals surface area contributed by atoms with Crippen LogP contribution >= 0.6 is 0 Å². The van der Waals surface area contributed by atoms with E-state index in [1.165, 1.54) is 19.3 Å². The van der Waals surface area contributed by atoms with Gasteiger partial charge in [-0.05, 0) is 37.0 Å². The molecule has 2 nitrogen and oxygen atoms in total. The van der Waals surface area contributed by atoms with Crippen molar-refractivity contribution >= 4 is 5.78 Å². The quantitative estimate of drug-likeness (QED) is 0.626. The first-order valence-corrected chi connectivity index (χ1v) is 6.48. The van der Waals surface area contributed by atoms with Gasteiger partial charge in [0.05, 0.1) is 6.10 Å². The summed E-state index contributed by atoms with van der Waals surface area (Å²) < 4.78 is 6.03. The summed E-state index contributed by atoms with van der Waals surface area (Å²) in [5, 5.41) is 0. The molecule has 0 aromatic carbocycles. The lowest BCUT2D eigenvalue weighted by Crippen LogP contribution is -2.38. The molecule has 1 aliphatic heterocycles. The number of rotatable bonds is 0. The van der Waals surface area contributed by atoms with Crippen LogP contribution in [0.3, 0.4) is 0 Å². The van der Waals surface area contributed by atoms with Gasteiger partial charge in [-0.25, -0.2) is 0 Å². The number of carbonyl (C=O) groups excluding carboxylic acids is 1. The topological polar surface area (TPSA) is 26.3 Å². The Morgan fingerprint density at radius 1 is 1.25 bits per heavy atom. The lowest BCUT2D eigenvalue weighted by atomic mass is 9.69. The van der Waals surface area contributed by atoms with Gasteiger partial charge in [0.25, 0.3) is 0 Å². The Morgan fingerprint density at radius 3 is 2.88 bits per heavy atom. The number of fused-ring (bicyclic) bond motifs is 3.